The van der Waals surface area contributed by atoms with E-state index in [4.69, 9.17) is 5.84 Å². The monoisotopic (exact) mass is 303 g/mol. The van der Waals surface area contributed by atoms with Crippen LogP contribution in [-0.2, 0) is 4.79 Å². The molecule has 0 aromatic rings. The van der Waals surface area contributed by atoms with Crippen LogP contribution in [-0.4, -0.2) is 27.4 Å². The summed E-state index contributed by atoms with van der Waals surface area (Å²) in [6.07, 6.45) is 1.02. The van der Waals surface area contributed by atoms with Crippen LogP contribution in [0.15, 0.2) is 5.10 Å². The van der Waals surface area contributed by atoms with Crippen molar-refractivity contribution in [1.29, 1.82) is 0 Å². The maximum absolute atomic E-state index is 12.3. The summed E-state index contributed by atoms with van der Waals surface area (Å²) in [7, 11) is 0. The average Bonchev–Trinajstić information content (AvgIpc) is 2.32. The third-order valence-corrected chi connectivity index (χ3v) is 4.04. The third-order valence-electron chi connectivity index (χ3n) is 2.53. The van der Waals surface area contributed by atoms with Gasteiger partial charge in [-0.3, -0.25) is 15.5 Å². The molecule has 5 N–H and O–H groups in total. The Balaban J connectivity index is 4.55. The number of hydrazine groups is 1. The molecule has 0 unspecified atom stereocenters. The Hall–Kier alpha value is -0.950. The molecule has 1 amide bonds. The number of rotatable bonds is 5. The number of carbonyl (C=O) groups is 1. The Morgan fingerprint density at radius 1 is 1.30 bits per heavy atom. The van der Waals surface area contributed by atoms with Gasteiger partial charge in [0.05, 0.1) is 4.75 Å². The van der Waals surface area contributed by atoms with Crippen LogP contribution in [0.5, 0.6) is 0 Å². The summed E-state index contributed by atoms with van der Waals surface area (Å²) < 4.78 is -0.547. The number of guanidine groups is 1. The molecule has 0 aliphatic heterocycles. The van der Waals surface area contributed by atoms with E-state index in [1.165, 1.54) is 0 Å². The molecule has 0 bridgehead atoms. The summed E-state index contributed by atoms with van der Waals surface area (Å²) in [5.74, 6) is 5.37. The van der Waals surface area contributed by atoms with Crippen LogP contribution >= 0.6 is 11.8 Å². The lowest BCUT2D eigenvalue weighted by Crippen LogP contribution is -2.56. The first-order chi connectivity index (χ1) is 9.01. The van der Waals surface area contributed by atoms with Crippen LogP contribution in [0.25, 0.3) is 0 Å². The maximum atomic E-state index is 12.3. The van der Waals surface area contributed by atoms with Gasteiger partial charge in [-0.2, -0.15) is 0 Å². The van der Waals surface area contributed by atoms with Crippen molar-refractivity contribution in [2.45, 2.75) is 70.4 Å². The minimum absolute atomic E-state index is 0.129. The highest BCUT2D eigenvalue weighted by molar-refractivity contribution is 8.01. The van der Waals surface area contributed by atoms with E-state index in [1.54, 1.807) is 11.8 Å². The van der Waals surface area contributed by atoms with E-state index in [-0.39, 0.29) is 17.4 Å². The molecule has 7 heteroatoms. The second kappa shape index (κ2) is 7.73. The molecule has 0 rings (SSSR count). The molecule has 0 saturated carbocycles. The maximum Gasteiger partial charge on any atom is 0.242 e. The van der Waals surface area contributed by atoms with Crippen LogP contribution in [0.1, 0.15) is 54.9 Å². The number of nitrogens with one attached hydrogen (secondary N) is 3. The molecular formula is C13H29N5OS. The van der Waals surface area contributed by atoms with Crippen LogP contribution in [0.3, 0.4) is 0 Å². The van der Waals surface area contributed by atoms with E-state index in [0.29, 0.717) is 5.25 Å². The van der Waals surface area contributed by atoms with Gasteiger partial charge in [0.1, 0.15) is 0 Å². The largest absolute Gasteiger partial charge is 0.320 e. The highest BCUT2D eigenvalue weighted by atomic mass is 32.2. The topological polar surface area (TPSA) is 91.5 Å². The quantitative estimate of drug-likeness (QED) is 0.268. The number of hydrogen-bond acceptors (Lipinski definition) is 5. The van der Waals surface area contributed by atoms with Crippen molar-refractivity contribution in [3.05, 3.63) is 0 Å². The SMILES string of the molecule is CC[C@H](C)SC(C)(C)C(=O)NC(=NN)NNC(C)(C)C. The summed E-state index contributed by atoms with van der Waals surface area (Å²) in [5, 5.41) is 6.66. The molecule has 0 fully saturated rings. The Labute approximate surface area is 126 Å². The predicted octanol–water partition coefficient (Wildman–Crippen LogP) is 1.54. The number of hydrazone groups is 1. The molecule has 0 spiro atoms. The van der Waals surface area contributed by atoms with Gasteiger partial charge < -0.3 is 5.84 Å². The van der Waals surface area contributed by atoms with Gasteiger partial charge in [0.25, 0.3) is 0 Å². The standard InChI is InChI=1S/C13H29N5OS/c1-8-9(2)20-13(6,7)10(19)15-11(16-14)17-18-12(3,4)5/h9,18H,8,14H2,1-7H3,(H2,15,16,17,19)/t9-/m0/s1. The highest BCUT2D eigenvalue weighted by Crippen LogP contribution is 2.30. The van der Waals surface area contributed by atoms with Crippen molar-refractivity contribution in [2.24, 2.45) is 10.9 Å². The predicted molar refractivity (Wildman–Crippen MR) is 87.2 cm³/mol. The average molecular weight is 303 g/mol. The van der Waals surface area contributed by atoms with Crippen molar-refractivity contribution in [3.8, 4) is 0 Å². The number of nitrogens with two attached hydrogens (primary N) is 1. The van der Waals surface area contributed by atoms with Gasteiger partial charge in [-0.25, -0.2) is 5.43 Å². The van der Waals surface area contributed by atoms with E-state index in [1.807, 2.05) is 34.6 Å². The van der Waals surface area contributed by atoms with Gasteiger partial charge in [0.2, 0.25) is 11.9 Å². The number of nitrogens with zero attached hydrogens (tertiary/aromatic N) is 1. The fraction of sp³-hybridized carbons (Fsp3) is 0.846. The zero-order chi connectivity index (χ0) is 16.0. The molecule has 0 radical (unpaired) electrons. The molecule has 0 aliphatic carbocycles. The first kappa shape index (κ1) is 19.1. The highest BCUT2D eigenvalue weighted by Gasteiger charge is 2.30. The molecule has 0 heterocycles. The lowest BCUT2D eigenvalue weighted by molar-refractivity contribution is -0.121. The summed E-state index contributed by atoms with van der Waals surface area (Å²) in [6, 6.07) is 0. The van der Waals surface area contributed by atoms with Crippen molar-refractivity contribution in [2.75, 3.05) is 0 Å². The van der Waals surface area contributed by atoms with Gasteiger partial charge in [0, 0.05) is 10.8 Å². The van der Waals surface area contributed by atoms with E-state index in [9.17, 15) is 4.79 Å². The van der Waals surface area contributed by atoms with Gasteiger partial charge in [-0.05, 0) is 41.0 Å². The minimum Gasteiger partial charge on any atom is -0.320 e. The molecule has 0 aliphatic rings. The number of amides is 1. The zero-order valence-electron chi connectivity index (χ0n) is 13.6. The first-order valence-corrected chi connectivity index (χ1v) is 7.70. The summed E-state index contributed by atoms with van der Waals surface area (Å²) in [5.41, 5.74) is 5.65. The molecular weight excluding hydrogens is 274 g/mol. The van der Waals surface area contributed by atoms with Gasteiger partial charge >= 0.3 is 0 Å². The van der Waals surface area contributed by atoms with Gasteiger partial charge in [-0.15, -0.1) is 16.9 Å². The Morgan fingerprint density at radius 3 is 2.25 bits per heavy atom. The number of hydrogen-bond donors (Lipinski definition) is 4. The summed E-state index contributed by atoms with van der Waals surface area (Å²) in [4.78, 5) is 12.3. The second-order valence-electron chi connectivity index (χ2n) is 6.28. The number of thioether (sulfide) groups is 1. The molecule has 0 saturated heterocycles. The van der Waals surface area contributed by atoms with Gasteiger partial charge in [-0.1, -0.05) is 13.8 Å². The van der Waals surface area contributed by atoms with Crippen LogP contribution in [0.2, 0.25) is 0 Å². The Morgan fingerprint density at radius 2 is 1.85 bits per heavy atom. The molecule has 0 aromatic heterocycles. The van der Waals surface area contributed by atoms with Crippen LogP contribution in [0, 0.1) is 0 Å². The molecule has 0 aromatic carbocycles. The van der Waals surface area contributed by atoms with E-state index < -0.39 is 4.75 Å². The van der Waals surface area contributed by atoms with E-state index in [2.05, 4.69) is 35.1 Å². The molecule has 118 valence electrons. The first-order valence-electron chi connectivity index (χ1n) is 6.82. The minimum atomic E-state index is -0.547. The van der Waals surface area contributed by atoms with Crippen molar-refractivity contribution in [1.82, 2.24) is 16.2 Å². The Kier molecular flexibility index (Phi) is 7.37. The second-order valence-corrected chi connectivity index (χ2v) is 8.34. The normalized spacial score (nSPS) is 14.8. The van der Waals surface area contributed by atoms with Crippen LogP contribution in [0.4, 0.5) is 0 Å². The summed E-state index contributed by atoms with van der Waals surface area (Å²) in [6.45, 7) is 14.0. The lowest BCUT2D eigenvalue weighted by atomic mass is 10.1. The van der Waals surface area contributed by atoms with Crippen molar-refractivity contribution in [3.63, 3.8) is 0 Å². The molecule has 1 atom stereocenters. The lowest BCUT2D eigenvalue weighted by Gasteiger charge is -2.27. The van der Waals surface area contributed by atoms with Crippen molar-refractivity contribution >= 4 is 23.6 Å². The van der Waals surface area contributed by atoms with E-state index in [0.717, 1.165) is 6.42 Å². The fourth-order valence-corrected chi connectivity index (χ4v) is 2.57. The third kappa shape index (κ3) is 7.59. The zero-order valence-corrected chi connectivity index (χ0v) is 14.4. The van der Waals surface area contributed by atoms with E-state index >= 15 is 0 Å². The Bertz CT molecular complexity index is 349. The molecule has 20 heavy (non-hydrogen) atoms. The summed E-state index contributed by atoms with van der Waals surface area (Å²) >= 11 is 1.63. The number of carbonyl (C=O) groups excluding carboxylic acids is 1. The smallest absolute Gasteiger partial charge is 0.242 e. The van der Waals surface area contributed by atoms with Crippen molar-refractivity contribution < 1.29 is 4.79 Å². The fourth-order valence-electron chi connectivity index (χ4n) is 1.24. The van der Waals surface area contributed by atoms with Crippen LogP contribution < -0.4 is 22.0 Å². The van der Waals surface area contributed by atoms with Gasteiger partial charge in [0.15, 0.2) is 0 Å². The molecule has 6 nitrogen and oxygen atoms in total.